The standard InChI is InChI=1S/C21H27N7O/c1-6-27-21-19(20(22-5)23-13-24-21)18(26-27)11-9-16-12-17(10-8-14(16)3)25-15(4)28(29)7-2/h8,10,12-13,15,25,29H,6-7H2,1-5H3,(H,22,23,24). The lowest BCUT2D eigenvalue weighted by Crippen LogP contribution is -2.35. The molecule has 1 atom stereocenters. The highest BCUT2D eigenvalue weighted by molar-refractivity contribution is 5.91. The van der Waals surface area contributed by atoms with Crippen molar-refractivity contribution in [2.75, 3.05) is 24.2 Å². The molecule has 3 aromatic rings. The van der Waals surface area contributed by atoms with Gasteiger partial charge in [-0.1, -0.05) is 18.9 Å². The SMILES string of the molecule is CCN(O)C(C)Nc1ccc(C)c(C#Cc2nn(CC)c3ncnc(NC)c23)c1. The van der Waals surface area contributed by atoms with E-state index >= 15 is 0 Å². The van der Waals surface area contributed by atoms with E-state index in [1.165, 1.54) is 11.4 Å². The lowest BCUT2D eigenvalue weighted by Gasteiger charge is -2.23. The van der Waals surface area contributed by atoms with Crippen molar-refractivity contribution in [1.82, 2.24) is 24.8 Å². The smallest absolute Gasteiger partial charge is 0.164 e. The van der Waals surface area contributed by atoms with Gasteiger partial charge in [0.05, 0.1) is 11.6 Å². The van der Waals surface area contributed by atoms with Crippen LogP contribution < -0.4 is 10.6 Å². The Bertz CT molecular complexity index is 1060. The Balaban J connectivity index is 1.99. The molecule has 0 spiro atoms. The number of benzene rings is 1. The highest BCUT2D eigenvalue weighted by Crippen LogP contribution is 2.23. The van der Waals surface area contributed by atoms with E-state index in [0.29, 0.717) is 24.6 Å². The number of aromatic nitrogens is 4. The summed E-state index contributed by atoms with van der Waals surface area (Å²) in [6.07, 6.45) is 1.32. The molecule has 0 fully saturated rings. The average Bonchev–Trinajstić information content (AvgIpc) is 3.11. The van der Waals surface area contributed by atoms with Crippen LogP contribution in [0.5, 0.6) is 0 Å². The van der Waals surface area contributed by atoms with Crippen LogP contribution in [-0.4, -0.2) is 49.8 Å². The summed E-state index contributed by atoms with van der Waals surface area (Å²) in [6.45, 7) is 9.07. The van der Waals surface area contributed by atoms with Gasteiger partial charge in [-0.15, -0.1) is 0 Å². The largest absolute Gasteiger partial charge is 0.372 e. The molecular formula is C21H27N7O. The molecule has 0 amide bonds. The van der Waals surface area contributed by atoms with E-state index in [9.17, 15) is 5.21 Å². The fourth-order valence-corrected chi connectivity index (χ4v) is 3.07. The van der Waals surface area contributed by atoms with Crippen molar-refractivity contribution in [3.05, 3.63) is 41.3 Å². The Morgan fingerprint density at radius 3 is 2.72 bits per heavy atom. The van der Waals surface area contributed by atoms with Crippen molar-refractivity contribution < 1.29 is 5.21 Å². The molecule has 8 nitrogen and oxygen atoms in total. The maximum absolute atomic E-state index is 9.85. The van der Waals surface area contributed by atoms with Crippen molar-refractivity contribution in [3.8, 4) is 11.8 Å². The summed E-state index contributed by atoms with van der Waals surface area (Å²) in [5.41, 5.74) is 4.26. The highest BCUT2D eigenvalue weighted by Gasteiger charge is 2.14. The highest BCUT2D eigenvalue weighted by atomic mass is 16.5. The molecule has 3 rings (SSSR count). The molecule has 3 N–H and O–H groups in total. The quantitative estimate of drug-likeness (QED) is 0.337. The third-order valence-corrected chi connectivity index (χ3v) is 4.77. The van der Waals surface area contributed by atoms with Gasteiger partial charge in [-0.25, -0.2) is 14.6 Å². The second-order valence-electron chi connectivity index (χ2n) is 6.69. The van der Waals surface area contributed by atoms with E-state index in [2.05, 4.69) is 37.5 Å². The van der Waals surface area contributed by atoms with Gasteiger partial charge in [-0.3, -0.25) is 0 Å². The molecule has 0 aliphatic carbocycles. The minimum Gasteiger partial charge on any atom is -0.372 e. The predicted molar refractivity (Wildman–Crippen MR) is 115 cm³/mol. The van der Waals surface area contributed by atoms with Crippen molar-refractivity contribution in [3.63, 3.8) is 0 Å². The third kappa shape index (κ3) is 4.31. The van der Waals surface area contributed by atoms with Crippen LogP contribution in [0.1, 0.15) is 37.6 Å². The van der Waals surface area contributed by atoms with Gasteiger partial charge >= 0.3 is 0 Å². The molecule has 0 radical (unpaired) electrons. The molecule has 2 aromatic heterocycles. The van der Waals surface area contributed by atoms with Crippen LogP contribution in [0.3, 0.4) is 0 Å². The first-order chi connectivity index (χ1) is 14.0. The number of rotatable bonds is 6. The van der Waals surface area contributed by atoms with Gasteiger partial charge in [0.2, 0.25) is 0 Å². The zero-order chi connectivity index (χ0) is 21.0. The minimum absolute atomic E-state index is 0.206. The first-order valence-electron chi connectivity index (χ1n) is 9.72. The van der Waals surface area contributed by atoms with Crippen molar-refractivity contribution in [2.45, 2.75) is 40.4 Å². The summed E-state index contributed by atoms with van der Waals surface area (Å²) in [4.78, 5) is 8.66. The lowest BCUT2D eigenvalue weighted by atomic mass is 10.1. The summed E-state index contributed by atoms with van der Waals surface area (Å²) in [5, 5.41) is 22.9. The summed E-state index contributed by atoms with van der Waals surface area (Å²) < 4.78 is 1.83. The van der Waals surface area contributed by atoms with Gasteiger partial charge in [0, 0.05) is 31.4 Å². The normalized spacial score (nSPS) is 12.0. The van der Waals surface area contributed by atoms with Crippen LogP contribution in [0.4, 0.5) is 11.5 Å². The minimum atomic E-state index is -0.206. The van der Waals surface area contributed by atoms with E-state index in [1.54, 1.807) is 0 Å². The summed E-state index contributed by atoms with van der Waals surface area (Å²) >= 11 is 0. The lowest BCUT2D eigenvalue weighted by molar-refractivity contribution is -0.109. The molecular weight excluding hydrogens is 366 g/mol. The first kappa shape index (κ1) is 20.6. The van der Waals surface area contributed by atoms with Crippen molar-refractivity contribution in [2.24, 2.45) is 0 Å². The molecule has 152 valence electrons. The number of aryl methyl sites for hydroxylation is 2. The Kier molecular flexibility index (Phi) is 6.32. The number of nitrogens with one attached hydrogen (secondary N) is 2. The van der Waals surface area contributed by atoms with E-state index < -0.39 is 0 Å². The summed E-state index contributed by atoms with van der Waals surface area (Å²) in [7, 11) is 1.82. The monoisotopic (exact) mass is 393 g/mol. The maximum atomic E-state index is 9.85. The van der Waals surface area contributed by atoms with E-state index in [4.69, 9.17) is 0 Å². The second-order valence-corrected chi connectivity index (χ2v) is 6.69. The number of fused-ring (bicyclic) bond motifs is 1. The molecule has 0 aliphatic heterocycles. The zero-order valence-electron chi connectivity index (χ0n) is 17.5. The maximum Gasteiger partial charge on any atom is 0.164 e. The number of hydrogen-bond acceptors (Lipinski definition) is 7. The van der Waals surface area contributed by atoms with Crippen LogP contribution in [0.2, 0.25) is 0 Å². The van der Waals surface area contributed by atoms with E-state index in [-0.39, 0.29) is 6.17 Å². The topological polar surface area (TPSA) is 91.1 Å². The zero-order valence-corrected chi connectivity index (χ0v) is 17.5. The first-order valence-corrected chi connectivity index (χ1v) is 9.72. The molecule has 0 saturated heterocycles. The Hall–Kier alpha value is -3.15. The van der Waals surface area contributed by atoms with E-state index in [1.807, 2.05) is 57.6 Å². The average molecular weight is 393 g/mol. The number of hydroxylamine groups is 2. The molecule has 8 heteroatoms. The summed E-state index contributed by atoms with van der Waals surface area (Å²) in [5.74, 6) is 7.15. The van der Waals surface area contributed by atoms with E-state index in [0.717, 1.165) is 27.8 Å². The Labute approximate surface area is 170 Å². The second kappa shape index (κ2) is 8.90. The van der Waals surface area contributed by atoms with Crippen LogP contribution in [-0.2, 0) is 6.54 Å². The molecule has 1 unspecified atom stereocenters. The van der Waals surface area contributed by atoms with Crippen LogP contribution in [0, 0.1) is 18.8 Å². The van der Waals surface area contributed by atoms with Crippen LogP contribution in [0.25, 0.3) is 11.0 Å². The molecule has 0 saturated carbocycles. The fraction of sp³-hybridized carbons (Fsp3) is 0.381. The number of nitrogens with zero attached hydrogens (tertiary/aromatic N) is 5. The van der Waals surface area contributed by atoms with Gasteiger partial charge in [-0.05, 0) is 44.4 Å². The van der Waals surface area contributed by atoms with Gasteiger partial charge < -0.3 is 15.8 Å². The van der Waals surface area contributed by atoms with Crippen LogP contribution in [0.15, 0.2) is 24.5 Å². The van der Waals surface area contributed by atoms with Gasteiger partial charge in [-0.2, -0.15) is 10.2 Å². The van der Waals surface area contributed by atoms with Crippen molar-refractivity contribution in [1.29, 1.82) is 0 Å². The molecule has 1 aromatic carbocycles. The third-order valence-electron chi connectivity index (χ3n) is 4.77. The molecule has 2 heterocycles. The molecule has 29 heavy (non-hydrogen) atoms. The fourth-order valence-electron chi connectivity index (χ4n) is 3.07. The Morgan fingerprint density at radius 1 is 1.24 bits per heavy atom. The van der Waals surface area contributed by atoms with Crippen molar-refractivity contribution >= 4 is 22.5 Å². The number of hydrogen-bond donors (Lipinski definition) is 3. The summed E-state index contributed by atoms with van der Waals surface area (Å²) in [6, 6.07) is 5.98. The predicted octanol–water partition coefficient (Wildman–Crippen LogP) is 3.07. The van der Waals surface area contributed by atoms with Gasteiger partial charge in [0.15, 0.2) is 5.65 Å². The number of anilines is 2. The Morgan fingerprint density at radius 2 is 2.03 bits per heavy atom. The van der Waals surface area contributed by atoms with Crippen LogP contribution >= 0.6 is 0 Å². The van der Waals surface area contributed by atoms with Gasteiger partial charge in [0.25, 0.3) is 0 Å². The molecule has 0 bridgehead atoms. The molecule has 0 aliphatic rings. The van der Waals surface area contributed by atoms with Gasteiger partial charge in [0.1, 0.15) is 17.8 Å².